The first-order valence-corrected chi connectivity index (χ1v) is 9.42. The number of fused-ring (bicyclic) bond motifs is 1. The van der Waals surface area contributed by atoms with E-state index in [1.165, 1.54) is 0 Å². The average Bonchev–Trinajstić information content (AvgIpc) is 2.73. The van der Waals surface area contributed by atoms with Crippen LogP contribution in [0, 0.1) is 0 Å². The molecule has 0 saturated carbocycles. The van der Waals surface area contributed by atoms with Crippen molar-refractivity contribution in [3.8, 4) is 22.5 Å². The van der Waals surface area contributed by atoms with E-state index >= 15 is 0 Å². The third kappa shape index (κ3) is 3.94. The number of aromatic amines is 1. The van der Waals surface area contributed by atoms with Crippen molar-refractivity contribution >= 4 is 16.9 Å². The highest BCUT2D eigenvalue weighted by molar-refractivity contribution is 5.91. The van der Waals surface area contributed by atoms with Gasteiger partial charge in [-0.25, -0.2) is 9.78 Å². The van der Waals surface area contributed by atoms with Crippen LogP contribution in [0.25, 0.3) is 33.4 Å². The summed E-state index contributed by atoms with van der Waals surface area (Å²) in [6.07, 6.45) is -0.176. The van der Waals surface area contributed by atoms with E-state index < -0.39 is 0 Å². The number of hydrogen-bond donors (Lipinski definition) is 1. The van der Waals surface area contributed by atoms with Crippen LogP contribution in [0.5, 0.6) is 0 Å². The van der Waals surface area contributed by atoms with Crippen LogP contribution >= 0.6 is 0 Å². The first kappa shape index (κ1) is 18.6. The Hall–Kier alpha value is -3.73. The zero-order chi connectivity index (χ0) is 20.4. The Bertz CT molecular complexity index is 1260. The second kappa shape index (κ2) is 7.72. The SMILES string of the molecule is CC(C)OC(=O)c1cccc(-c2cccc(-c3nc4ccccc4c(=O)[nH]3)c2)c1. The molecule has 1 N–H and O–H groups in total. The highest BCUT2D eigenvalue weighted by atomic mass is 16.5. The van der Waals surface area contributed by atoms with E-state index in [0.29, 0.717) is 22.3 Å². The lowest BCUT2D eigenvalue weighted by Crippen LogP contribution is -2.11. The molecule has 4 rings (SSSR count). The van der Waals surface area contributed by atoms with E-state index in [4.69, 9.17) is 4.74 Å². The second-order valence-electron chi connectivity index (χ2n) is 7.05. The van der Waals surface area contributed by atoms with Gasteiger partial charge in [0.15, 0.2) is 0 Å². The van der Waals surface area contributed by atoms with Crippen molar-refractivity contribution in [1.82, 2.24) is 9.97 Å². The number of carbonyl (C=O) groups is 1. The molecule has 0 saturated heterocycles. The normalized spacial score (nSPS) is 11.0. The Morgan fingerprint density at radius 1 is 0.897 bits per heavy atom. The number of rotatable bonds is 4. The van der Waals surface area contributed by atoms with Crippen molar-refractivity contribution in [1.29, 1.82) is 0 Å². The average molecular weight is 384 g/mol. The molecule has 3 aromatic carbocycles. The van der Waals surface area contributed by atoms with Crippen LogP contribution in [0.15, 0.2) is 77.6 Å². The van der Waals surface area contributed by atoms with Crippen molar-refractivity contribution in [2.45, 2.75) is 20.0 Å². The van der Waals surface area contributed by atoms with Gasteiger partial charge in [0.05, 0.1) is 22.6 Å². The van der Waals surface area contributed by atoms with Crippen LogP contribution in [0.1, 0.15) is 24.2 Å². The van der Waals surface area contributed by atoms with Crippen molar-refractivity contribution in [2.75, 3.05) is 0 Å². The molecule has 144 valence electrons. The van der Waals surface area contributed by atoms with Crippen LogP contribution in [0.4, 0.5) is 0 Å². The summed E-state index contributed by atoms with van der Waals surface area (Å²) in [6.45, 7) is 3.64. The summed E-state index contributed by atoms with van der Waals surface area (Å²) in [5.74, 6) is 0.157. The van der Waals surface area contributed by atoms with Crippen molar-refractivity contribution in [2.24, 2.45) is 0 Å². The summed E-state index contributed by atoms with van der Waals surface area (Å²) in [6, 6.07) is 22.2. The van der Waals surface area contributed by atoms with Gasteiger partial charge in [0.1, 0.15) is 5.82 Å². The number of esters is 1. The maximum Gasteiger partial charge on any atom is 0.338 e. The first-order valence-electron chi connectivity index (χ1n) is 9.42. The smallest absolute Gasteiger partial charge is 0.338 e. The minimum absolute atomic E-state index is 0.172. The van der Waals surface area contributed by atoms with Gasteiger partial charge >= 0.3 is 5.97 Å². The number of aromatic nitrogens is 2. The molecule has 0 unspecified atom stereocenters. The Balaban J connectivity index is 1.73. The van der Waals surface area contributed by atoms with Crippen molar-refractivity contribution in [3.05, 3.63) is 88.7 Å². The molecule has 0 fully saturated rings. The number of ether oxygens (including phenoxy) is 1. The summed E-state index contributed by atoms with van der Waals surface area (Å²) >= 11 is 0. The fraction of sp³-hybridized carbons (Fsp3) is 0.125. The van der Waals surface area contributed by atoms with Crippen LogP contribution < -0.4 is 5.56 Å². The number of nitrogens with zero attached hydrogens (tertiary/aromatic N) is 1. The molecule has 0 bridgehead atoms. The van der Waals surface area contributed by atoms with Gasteiger partial charge in [-0.05, 0) is 55.3 Å². The lowest BCUT2D eigenvalue weighted by molar-refractivity contribution is 0.0378. The number of benzene rings is 3. The highest BCUT2D eigenvalue weighted by Gasteiger charge is 2.11. The minimum atomic E-state index is -0.349. The Labute approximate surface area is 168 Å². The monoisotopic (exact) mass is 384 g/mol. The van der Waals surface area contributed by atoms with Gasteiger partial charge in [-0.3, -0.25) is 4.79 Å². The molecule has 0 aliphatic carbocycles. The third-order valence-corrected chi connectivity index (χ3v) is 4.52. The summed E-state index contributed by atoms with van der Waals surface area (Å²) in [5.41, 5.74) is 3.56. The molecule has 0 amide bonds. The third-order valence-electron chi connectivity index (χ3n) is 4.52. The fourth-order valence-electron chi connectivity index (χ4n) is 3.18. The molecule has 0 atom stereocenters. The van der Waals surface area contributed by atoms with Gasteiger partial charge < -0.3 is 9.72 Å². The Morgan fingerprint density at radius 2 is 1.59 bits per heavy atom. The molecule has 0 aliphatic rings. The highest BCUT2D eigenvalue weighted by Crippen LogP contribution is 2.26. The zero-order valence-electron chi connectivity index (χ0n) is 16.2. The predicted molar refractivity (Wildman–Crippen MR) is 114 cm³/mol. The van der Waals surface area contributed by atoms with Crippen molar-refractivity contribution < 1.29 is 9.53 Å². The lowest BCUT2D eigenvalue weighted by Gasteiger charge is -2.10. The molecule has 0 aliphatic heterocycles. The maximum absolute atomic E-state index is 12.4. The molecule has 5 nitrogen and oxygen atoms in total. The largest absolute Gasteiger partial charge is 0.459 e. The van der Waals surface area contributed by atoms with Gasteiger partial charge in [-0.1, -0.05) is 42.5 Å². The molecule has 5 heteroatoms. The first-order chi connectivity index (χ1) is 14.0. The van der Waals surface area contributed by atoms with E-state index in [-0.39, 0.29) is 17.6 Å². The molecule has 4 aromatic rings. The van der Waals surface area contributed by atoms with Crippen LogP contribution in [0.3, 0.4) is 0 Å². The number of H-pyrrole nitrogens is 1. The molecule has 1 heterocycles. The molecule has 1 aromatic heterocycles. The molecule has 0 spiro atoms. The van der Waals surface area contributed by atoms with E-state index in [2.05, 4.69) is 9.97 Å². The molecule has 0 radical (unpaired) electrons. The Kier molecular flexibility index (Phi) is 4.96. The number of nitrogens with one attached hydrogen (secondary N) is 1. The summed E-state index contributed by atoms with van der Waals surface area (Å²) < 4.78 is 5.29. The predicted octanol–water partition coefficient (Wildman–Crippen LogP) is 4.82. The number of hydrogen-bond acceptors (Lipinski definition) is 4. The van der Waals surface area contributed by atoms with Crippen LogP contribution in [-0.4, -0.2) is 22.0 Å². The molecular weight excluding hydrogens is 364 g/mol. The van der Waals surface area contributed by atoms with E-state index in [1.54, 1.807) is 18.2 Å². The van der Waals surface area contributed by atoms with E-state index in [1.807, 2.05) is 68.4 Å². The van der Waals surface area contributed by atoms with Gasteiger partial charge in [-0.15, -0.1) is 0 Å². The summed E-state index contributed by atoms with van der Waals surface area (Å²) in [4.78, 5) is 32.1. The lowest BCUT2D eigenvalue weighted by atomic mass is 10.0. The van der Waals surface area contributed by atoms with Gasteiger partial charge in [0.2, 0.25) is 0 Å². The zero-order valence-corrected chi connectivity index (χ0v) is 16.2. The van der Waals surface area contributed by atoms with Crippen molar-refractivity contribution in [3.63, 3.8) is 0 Å². The van der Waals surface area contributed by atoms with Gasteiger partial charge in [0, 0.05) is 5.56 Å². The minimum Gasteiger partial charge on any atom is -0.459 e. The Morgan fingerprint density at radius 3 is 2.38 bits per heavy atom. The van der Waals surface area contributed by atoms with Crippen LogP contribution in [0.2, 0.25) is 0 Å². The van der Waals surface area contributed by atoms with Gasteiger partial charge in [-0.2, -0.15) is 0 Å². The number of carbonyl (C=O) groups excluding carboxylic acids is 1. The summed E-state index contributed by atoms with van der Waals surface area (Å²) in [5, 5.41) is 0.559. The fourth-order valence-corrected chi connectivity index (χ4v) is 3.18. The standard InChI is InChI=1S/C24H20N2O3/c1-15(2)29-24(28)19-10-6-8-17(14-19)16-7-5-9-18(13-16)22-25-21-12-4-3-11-20(21)23(27)26-22/h3-15H,1-2H3,(H,25,26,27). The molecular formula is C24H20N2O3. The van der Waals surface area contributed by atoms with E-state index in [0.717, 1.165) is 16.7 Å². The molecule has 29 heavy (non-hydrogen) atoms. The summed E-state index contributed by atoms with van der Waals surface area (Å²) in [7, 11) is 0. The quantitative estimate of drug-likeness (QED) is 0.512. The topological polar surface area (TPSA) is 72.0 Å². The number of para-hydroxylation sites is 1. The van der Waals surface area contributed by atoms with Crippen LogP contribution in [-0.2, 0) is 4.74 Å². The van der Waals surface area contributed by atoms with E-state index in [9.17, 15) is 9.59 Å². The van der Waals surface area contributed by atoms with Gasteiger partial charge in [0.25, 0.3) is 5.56 Å². The second-order valence-corrected chi connectivity index (χ2v) is 7.05. The maximum atomic E-state index is 12.4.